The van der Waals surface area contributed by atoms with Gasteiger partial charge in [-0.05, 0) is 56.3 Å². The van der Waals surface area contributed by atoms with Crippen LogP contribution >= 0.6 is 0 Å². The average Bonchev–Trinajstić information content (AvgIpc) is 2.96. The summed E-state index contributed by atoms with van der Waals surface area (Å²) in [4.78, 5) is 47.5. The zero-order valence-corrected chi connectivity index (χ0v) is 26.3. The maximum atomic E-state index is 12.9. The van der Waals surface area contributed by atoms with Gasteiger partial charge in [-0.15, -0.1) is 0 Å². The number of carbonyl (C=O) groups excluding carboxylic acids is 2. The molecule has 0 saturated carbocycles. The molecule has 0 spiro atoms. The lowest BCUT2D eigenvalue weighted by molar-refractivity contribution is -0.138. The van der Waals surface area contributed by atoms with E-state index in [2.05, 4.69) is 58.0 Å². The Hall–Kier alpha value is -2.36. The molecule has 2 saturated heterocycles. The fraction of sp³-hybridized carbons (Fsp3) is 0.862. The van der Waals surface area contributed by atoms with Crippen LogP contribution in [-0.2, 0) is 19.2 Å². The second kappa shape index (κ2) is 17.8. The molecule has 1 unspecified atom stereocenters. The Balaban J connectivity index is 2.20. The van der Waals surface area contributed by atoms with E-state index in [4.69, 9.17) is 15.9 Å². The molecule has 0 aromatic heterocycles. The van der Waals surface area contributed by atoms with Gasteiger partial charge in [-0.1, -0.05) is 20.8 Å². The van der Waals surface area contributed by atoms with Crippen LogP contribution in [0.4, 0.5) is 0 Å². The van der Waals surface area contributed by atoms with E-state index in [-0.39, 0.29) is 67.7 Å². The molecule has 2 fully saturated rings. The quantitative estimate of drug-likeness (QED) is 0.128. The Kier molecular flexibility index (Phi) is 15.3. The number of rotatable bonds is 11. The summed E-state index contributed by atoms with van der Waals surface area (Å²) in [5.74, 6) is -1.77. The molecule has 248 valence electrons. The molecule has 14 nitrogen and oxygen atoms in total. The van der Waals surface area contributed by atoms with Gasteiger partial charge in [-0.2, -0.15) is 0 Å². The van der Waals surface area contributed by atoms with E-state index in [0.717, 1.165) is 6.54 Å². The van der Waals surface area contributed by atoms with Crippen LogP contribution in [0.25, 0.3) is 0 Å². The van der Waals surface area contributed by atoms with Gasteiger partial charge in [0.05, 0.1) is 11.1 Å². The number of carboxylic acid groups (broad SMARTS) is 2. The third kappa shape index (κ3) is 13.4. The van der Waals surface area contributed by atoms with Crippen molar-refractivity contribution < 1.29 is 29.4 Å². The molecule has 0 aliphatic carbocycles. The molecule has 2 bridgehead atoms. The van der Waals surface area contributed by atoms with Crippen molar-refractivity contribution in [2.24, 2.45) is 23.0 Å². The number of amides is 2. The van der Waals surface area contributed by atoms with E-state index >= 15 is 0 Å². The number of nitrogens with two attached hydrogens (primary N) is 1. The fourth-order valence-corrected chi connectivity index (χ4v) is 5.74. The molecule has 2 aliphatic rings. The van der Waals surface area contributed by atoms with Gasteiger partial charge in [0.15, 0.2) is 0 Å². The van der Waals surface area contributed by atoms with Crippen LogP contribution in [0, 0.1) is 17.3 Å². The van der Waals surface area contributed by atoms with Gasteiger partial charge in [-0.3, -0.25) is 19.2 Å². The van der Waals surface area contributed by atoms with E-state index in [1.165, 1.54) is 0 Å². The van der Waals surface area contributed by atoms with Crippen LogP contribution in [-0.4, -0.2) is 117 Å². The van der Waals surface area contributed by atoms with Gasteiger partial charge in [0.1, 0.15) is 0 Å². The lowest BCUT2D eigenvalue weighted by Gasteiger charge is -2.38. The molecular formula is C29H56N8O6. The van der Waals surface area contributed by atoms with Crippen molar-refractivity contribution in [3.05, 3.63) is 0 Å². The Morgan fingerprint density at radius 2 is 1.16 bits per heavy atom. The number of fused-ring (bicyclic) bond motifs is 4. The van der Waals surface area contributed by atoms with Gasteiger partial charge in [0, 0.05) is 71.5 Å². The number of aliphatic carboxylic acids is 2. The number of hydrogen-bond donors (Lipinski definition) is 10. The standard InChI is InChI=1S/C29H56N8O6/c1-21-10-31-16-28(14-30,36-23(38)6-4-8-25(40)41)17-33-12-22-13-34-19-29(18-32-11-21,20-35-15-27(22,2)3)37-24(39)7-5-9-26(42)43/h21-22,31-35H,4-20,30H2,1-3H3,(H,36,38)(H,37,39)(H,40,41)(H,42,43)/t21?,22-,28-,29+/m1/s1. The first-order valence-electron chi connectivity index (χ1n) is 15.6. The molecule has 11 N–H and O–H groups in total. The van der Waals surface area contributed by atoms with Crippen molar-refractivity contribution >= 4 is 23.8 Å². The van der Waals surface area contributed by atoms with E-state index in [1.54, 1.807) is 0 Å². The highest BCUT2D eigenvalue weighted by molar-refractivity contribution is 5.78. The van der Waals surface area contributed by atoms with Gasteiger partial charge in [0.25, 0.3) is 0 Å². The topological polar surface area (TPSA) is 219 Å². The summed E-state index contributed by atoms with van der Waals surface area (Å²) in [6.45, 7) is 12.7. The average molecular weight is 613 g/mol. The second-order valence-electron chi connectivity index (χ2n) is 13.3. The SMILES string of the molecule is CC1CNC[C@@](CN)(NC(=O)CCCC(=O)O)CNC[C@@H]2CNC[C@@](NC(=O)CCCC(=O)O)(CNC1)CNCC2(C)C. The van der Waals surface area contributed by atoms with E-state index in [0.29, 0.717) is 65.3 Å². The summed E-state index contributed by atoms with van der Waals surface area (Å²) in [5.41, 5.74) is 4.82. The van der Waals surface area contributed by atoms with E-state index < -0.39 is 23.0 Å². The van der Waals surface area contributed by atoms with E-state index in [9.17, 15) is 19.2 Å². The highest BCUT2D eigenvalue weighted by Gasteiger charge is 2.38. The summed E-state index contributed by atoms with van der Waals surface area (Å²) >= 11 is 0. The zero-order valence-electron chi connectivity index (χ0n) is 26.3. The van der Waals surface area contributed by atoms with Crippen LogP contribution in [0.1, 0.15) is 59.3 Å². The van der Waals surface area contributed by atoms with Crippen LogP contribution in [0.15, 0.2) is 0 Å². The second-order valence-corrected chi connectivity index (χ2v) is 13.3. The van der Waals surface area contributed by atoms with Crippen molar-refractivity contribution in [1.29, 1.82) is 0 Å². The lowest BCUT2D eigenvalue weighted by Crippen LogP contribution is -2.65. The zero-order chi connectivity index (χ0) is 31.9. The predicted octanol–water partition coefficient (Wildman–Crippen LogP) is -1.58. The van der Waals surface area contributed by atoms with E-state index in [1.807, 2.05) is 0 Å². The van der Waals surface area contributed by atoms with Crippen molar-refractivity contribution in [3.63, 3.8) is 0 Å². The molecule has 43 heavy (non-hydrogen) atoms. The summed E-state index contributed by atoms with van der Waals surface area (Å²) in [6.07, 6.45) is 0.746. The molecule has 14 heteroatoms. The Bertz CT molecular complexity index is 921. The summed E-state index contributed by atoms with van der Waals surface area (Å²) in [7, 11) is 0. The van der Waals surface area contributed by atoms with Crippen LogP contribution in [0.2, 0.25) is 0 Å². The van der Waals surface area contributed by atoms with Gasteiger partial charge in [-0.25, -0.2) is 0 Å². The summed E-state index contributed by atoms with van der Waals surface area (Å²) < 4.78 is 0. The van der Waals surface area contributed by atoms with Crippen molar-refractivity contribution in [2.75, 3.05) is 72.0 Å². The minimum absolute atomic E-state index is 0.0393. The summed E-state index contributed by atoms with van der Waals surface area (Å²) in [6, 6.07) is 0. The van der Waals surface area contributed by atoms with Gasteiger partial charge < -0.3 is 53.2 Å². The molecule has 0 aromatic rings. The molecule has 4 atom stereocenters. The molecule has 2 amide bonds. The maximum Gasteiger partial charge on any atom is 0.303 e. The largest absolute Gasteiger partial charge is 0.481 e. The third-order valence-electron chi connectivity index (χ3n) is 8.56. The van der Waals surface area contributed by atoms with Gasteiger partial charge >= 0.3 is 11.9 Å². The monoisotopic (exact) mass is 612 g/mol. The number of carbonyl (C=O) groups is 4. The van der Waals surface area contributed by atoms with Crippen molar-refractivity contribution in [3.8, 4) is 0 Å². The molecular weight excluding hydrogens is 556 g/mol. The lowest BCUT2D eigenvalue weighted by atomic mass is 9.78. The minimum atomic E-state index is -0.923. The highest BCUT2D eigenvalue weighted by atomic mass is 16.4. The highest BCUT2D eigenvalue weighted by Crippen LogP contribution is 2.26. The third-order valence-corrected chi connectivity index (χ3v) is 8.56. The Labute approximate surface area is 255 Å². The first kappa shape index (κ1) is 36.8. The minimum Gasteiger partial charge on any atom is -0.481 e. The van der Waals surface area contributed by atoms with Crippen LogP contribution < -0.4 is 43.0 Å². The van der Waals surface area contributed by atoms with Crippen molar-refractivity contribution in [2.45, 2.75) is 70.4 Å². The molecule has 2 heterocycles. The van der Waals surface area contributed by atoms with Crippen LogP contribution in [0.3, 0.4) is 0 Å². The number of carboxylic acids is 2. The number of hydrogen-bond acceptors (Lipinski definition) is 10. The fourth-order valence-electron chi connectivity index (χ4n) is 5.74. The molecule has 2 aliphatic heterocycles. The maximum absolute atomic E-state index is 12.9. The Morgan fingerprint density at radius 1 is 0.698 bits per heavy atom. The van der Waals surface area contributed by atoms with Crippen molar-refractivity contribution in [1.82, 2.24) is 37.2 Å². The number of nitrogens with one attached hydrogen (secondary N) is 7. The molecule has 0 aromatic carbocycles. The first-order chi connectivity index (χ1) is 20.3. The molecule has 0 radical (unpaired) electrons. The van der Waals surface area contributed by atoms with Gasteiger partial charge in [0.2, 0.25) is 11.8 Å². The molecule has 2 rings (SSSR count). The smallest absolute Gasteiger partial charge is 0.303 e. The van der Waals surface area contributed by atoms with Crippen LogP contribution in [0.5, 0.6) is 0 Å². The Morgan fingerprint density at radius 3 is 1.70 bits per heavy atom. The predicted molar refractivity (Wildman–Crippen MR) is 165 cm³/mol. The normalized spacial score (nSPS) is 29.1. The first-order valence-corrected chi connectivity index (χ1v) is 15.6. The summed E-state index contributed by atoms with van der Waals surface area (Å²) in [5, 5.41) is 42.0.